The number of aromatic nitrogens is 2. The number of rotatable bonds is 4. The van der Waals surface area contributed by atoms with Gasteiger partial charge in [-0.1, -0.05) is 71.4 Å². The zero-order valence-electron chi connectivity index (χ0n) is 17.0. The summed E-state index contributed by atoms with van der Waals surface area (Å²) in [4.78, 5) is 33.8. The highest BCUT2D eigenvalue weighted by Gasteiger charge is 2.38. The van der Waals surface area contributed by atoms with Gasteiger partial charge in [0.25, 0.3) is 5.56 Å². The van der Waals surface area contributed by atoms with Gasteiger partial charge in [-0.25, -0.2) is 4.98 Å². The van der Waals surface area contributed by atoms with Gasteiger partial charge in [0.2, 0.25) is 0 Å². The zero-order valence-corrected chi connectivity index (χ0v) is 19.3. The molecule has 2 heterocycles. The minimum atomic E-state index is -0.534. The second-order valence-electron chi connectivity index (χ2n) is 7.81. The van der Waals surface area contributed by atoms with Gasteiger partial charge in [0.1, 0.15) is 5.82 Å². The van der Waals surface area contributed by atoms with Gasteiger partial charge in [-0.05, 0) is 36.1 Å². The Hall–Kier alpha value is -2.54. The topological polar surface area (TPSA) is 74.8 Å². The molecule has 32 heavy (non-hydrogen) atoms. The summed E-state index contributed by atoms with van der Waals surface area (Å²) in [6, 6.07) is 15.2. The summed E-state index contributed by atoms with van der Waals surface area (Å²) in [6.07, 6.45) is 1.97. The van der Waals surface area contributed by atoms with E-state index in [0.717, 1.165) is 29.7 Å². The van der Waals surface area contributed by atoms with Crippen molar-refractivity contribution in [3.05, 3.63) is 96.9 Å². The molecule has 1 aliphatic heterocycles. The zero-order chi connectivity index (χ0) is 22.2. The maximum atomic E-state index is 13.3. The molecule has 0 bridgehead atoms. The number of nitrogens with one attached hydrogen (secondary N) is 2. The number of aromatic amines is 1. The lowest BCUT2D eigenvalue weighted by molar-refractivity contribution is -0.116. The molecule has 1 atom stereocenters. The van der Waals surface area contributed by atoms with Gasteiger partial charge in [-0.2, -0.15) is 0 Å². The van der Waals surface area contributed by atoms with E-state index in [1.54, 1.807) is 12.1 Å². The Morgan fingerprint density at radius 1 is 1.03 bits per heavy atom. The normalized spacial score (nSPS) is 17.6. The number of allylic oxidation sites excluding steroid dienone is 2. The van der Waals surface area contributed by atoms with Crippen LogP contribution < -0.4 is 10.9 Å². The predicted octanol–water partition coefficient (Wildman–Crippen LogP) is 5.93. The van der Waals surface area contributed by atoms with Crippen LogP contribution >= 0.6 is 35.0 Å². The molecular formula is C24H19Cl2N3O2S. The molecule has 1 aliphatic carbocycles. The summed E-state index contributed by atoms with van der Waals surface area (Å²) in [5.74, 6) is 0.690. The van der Waals surface area contributed by atoms with Crippen molar-refractivity contribution in [2.45, 2.75) is 36.1 Å². The van der Waals surface area contributed by atoms with E-state index < -0.39 is 5.92 Å². The molecule has 162 valence electrons. The summed E-state index contributed by atoms with van der Waals surface area (Å²) >= 11 is 13.9. The lowest BCUT2D eigenvalue weighted by Crippen LogP contribution is -2.32. The standard InChI is InChI=1S/C24H19Cl2N3O2S/c25-15-10-9-14(11-16(15)26)19-20-17(7-4-8-18(20)30)27-22-21(19)23(31)29-24(28-22)32-12-13-5-2-1-3-6-13/h1-3,5-6,9-11,19H,4,7-8,12H2,(H2,27,28,29,31). The van der Waals surface area contributed by atoms with Gasteiger partial charge < -0.3 is 10.3 Å². The summed E-state index contributed by atoms with van der Waals surface area (Å²) in [5, 5.41) is 4.63. The molecule has 0 saturated heterocycles. The Morgan fingerprint density at radius 2 is 1.84 bits per heavy atom. The van der Waals surface area contributed by atoms with Crippen molar-refractivity contribution in [1.29, 1.82) is 0 Å². The van der Waals surface area contributed by atoms with E-state index in [9.17, 15) is 9.59 Å². The number of ketones is 1. The fourth-order valence-electron chi connectivity index (χ4n) is 4.26. The number of carbonyl (C=O) groups excluding carboxylic acids is 1. The van der Waals surface area contributed by atoms with Crippen LogP contribution in [0.15, 0.2) is 69.8 Å². The van der Waals surface area contributed by atoms with Crippen molar-refractivity contribution < 1.29 is 4.79 Å². The molecule has 1 aromatic heterocycles. The van der Waals surface area contributed by atoms with Crippen LogP contribution in [0.4, 0.5) is 5.82 Å². The van der Waals surface area contributed by atoms with E-state index >= 15 is 0 Å². The number of carbonyl (C=O) groups is 1. The molecular weight excluding hydrogens is 465 g/mol. The highest BCUT2D eigenvalue weighted by Crippen LogP contribution is 2.44. The van der Waals surface area contributed by atoms with E-state index in [1.165, 1.54) is 11.8 Å². The van der Waals surface area contributed by atoms with Gasteiger partial charge in [0, 0.05) is 29.4 Å². The molecule has 8 heteroatoms. The van der Waals surface area contributed by atoms with Gasteiger partial charge in [-0.3, -0.25) is 9.59 Å². The molecule has 2 aromatic carbocycles. The average molecular weight is 484 g/mol. The quantitative estimate of drug-likeness (QED) is 0.355. The Morgan fingerprint density at radius 3 is 2.62 bits per heavy atom. The highest BCUT2D eigenvalue weighted by atomic mass is 35.5. The third kappa shape index (κ3) is 3.98. The fraction of sp³-hybridized carbons (Fsp3) is 0.208. The first-order chi connectivity index (χ1) is 15.5. The molecule has 0 spiro atoms. The number of thioether (sulfide) groups is 1. The van der Waals surface area contributed by atoms with Crippen LogP contribution in [0.3, 0.4) is 0 Å². The summed E-state index contributed by atoms with van der Waals surface area (Å²) in [5.41, 5.74) is 3.52. The predicted molar refractivity (Wildman–Crippen MR) is 129 cm³/mol. The van der Waals surface area contributed by atoms with Crippen molar-refractivity contribution >= 4 is 46.6 Å². The fourth-order valence-corrected chi connectivity index (χ4v) is 5.38. The third-order valence-electron chi connectivity index (χ3n) is 5.73. The lowest BCUT2D eigenvalue weighted by Gasteiger charge is -2.32. The molecule has 3 aromatic rings. The first kappa shape index (κ1) is 21.3. The second kappa shape index (κ2) is 8.77. The number of hydrogen-bond donors (Lipinski definition) is 2. The molecule has 1 unspecified atom stereocenters. The molecule has 0 radical (unpaired) electrons. The molecule has 2 aliphatic rings. The van der Waals surface area contributed by atoms with Crippen molar-refractivity contribution in [1.82, 2.24) is 9.97 Å². The van der Waals surface area contributed by atoms with Crippen LogP contribution in [-0.2, 0) is 10.5 Å². The monoisotopic (exact) mass is 483 g/mol. The van der Waals surface area contributed by atoms with E-state index in [2.05, 4.69) is 10.3 Å². The Bertz CT molecular complexity index is 1300. The van der Waals surface area contributed by atoms with Crippen LogP contribution in [0.1, 0.15) is 41.9 Å². The van der Waals surface area contributed by atoms with Crippen molar-refractivity contribution in [2.75, 3.05) is 5.32 Å². The van der Waals surface area contributed by atoms with Crippen LogP contribution in [0.25, 0.3) is 0 Å². The summed E-state index contributed by atoms with van der Waals surface area (Å²) in [6.45, 7) is 0. The number of Topliss-reactive ketones (excluding diaryl/α,β-unsaturated/α-hetero) is 1. The maximum absolute atomic E-state index is 13.3. The van der Waals surface area contributed by atoms with Gasteiger partial charge in [0.15, 0.2) is 10.9 Å². The van der Waals surface area contributed by atoms with Crippen LogP contribution in [-0.4, -0.2) is 15.8 Å². The number of anilines is 1. The summed E-state index contributed by atoms with van der Waals surface area (Å²) in [7, 11) is 0. The lowest BCUT2D eigenvalue weighted by atomic mass is 9.76. The Kier molecular flexibility index (Phi) is 5.84. The van der Waals surface area contributed by atoms with E-state index in [-0.39, 0.29) is 11.3 Å². The SMILES string of the molecule is O=C1CCCC2=C1C(c1ccc(Cl)c(Cl)c1)c1c(nc(SCc3ccccc3)[nH]c1=O)N2. The number of H-pyrrole nitrogens is 1. The van der Waals surface area contributed by atoms with Gasteiger partial charge >= 0.3 is 0 Å². The Labute approximate surface area is 199 Å². The number of benzene rings is 2. The number of fused-ring (bicyclic) bond motifs is 1. The summed E-state index contributed by atoms with van der Waals surface area (Å²) < 4.78 is 0. The molecule has 0 saturated carbocycles. The minimum Gasteiger partial charge on any atom is -0.343 e. The molecule has 5 nitrogen and oxygen atoms in total. The first-order valence-electron chi connectivity index (χ1n) is 10.3. The first-order valence-corrected chi connectivity index (χ1v) is 12.0. The smallest absolute Gasteiger partial charge is 0.257 e. The number of halogens is 2. The van der Waals surface area contributed by atoms with Gasteiger partial charge in [0.05, 0.1) is 15.6 Å². The largest absolute Gasteiger partial charge is 0.343 e. The van der Waals surface area contributed by atoms with Crippen molar-refractivity contribution in [3.8, 4) is 0 Å². The average Bonchev–Trinajstić information content (AvgIpc) is 2.79. The maximum Gasteiger partial charge on any atom is 0.257 e. The van der Waals surface area contributed by atoms with Crippen molar-refractivity contribution in [2.24, 2.45) is 0 Å². The molecule has 2 N–H and O–H groups in total. The minimum absolute atomic E-state index is 0.0439. The van der Waals surface area contributed by atoms with E-state index in [4.69, 9.17) is 28.2 Å². The number of hydrogen-bond acceptors (Lipinski definition) is 5. The van der Waals surface area contributed by atoms with E-state index in [1.807, 2.05) is 36.4 Å². The van der Waals surface area contributed by atoms with E-state index in [0.29, 0.717) is 44.3 Å². The second-order valence-corrected chi connectivity index (χ2v) is 9.59. The van der Waals surface area contributed by atoms with Gasteiger partial charge in [-0.15, -0.1) is 0 Å². The molecule has 0 fully saturated rings. The highest BCUT2D eigenvalue weighted by molar-refractivity contribution is 7.98. The third-order valence-corrected chi connectivity index (χ3v) is 7.42. The molecule has 5 rings (SSSR count). The molecule has 0 amide bonds. The Balaban J connectivity index is 1.59. The van der Waals surface area contributed by atoms with Crippen molar-refractivity contribution in [3.63, 3.8) is 0 Å². The number of nitrogens with zero attached hydrogens (tertiary/aromatic N) is 1. The van der Waals surface area contributed by atoms with Crippen LogP contribution in [0, 0.1) is 0 Å². The van der Waals surface area contributed by atoms with Crippen LogP contribution in [0.2, 0.25) is 10.0 Å². The van der Waals surface area contributed by atoms with Crippen LogP contribution in [0.5, 0.6) is 0 Å².